The van der Waals surface area contributed by atoms with Gasteiger partial charge in [0.15, 0.2) is 0 Å². The molecule has 1 aromatic heterocycles. The van der Waals surface area contributed by atoms with E-state index in [1.165, 1.54) is 24.2 Å². The van der Waals surface area contributed by atoms with Gasteiger partial charge in [0.1, 0.15) is 5.01 Å². The van der Waals surface area contributed by atoms with Crippen molar-refractivity contribution < 1.29 is 9.53 Å². The monoisotopic (exact) mass is 311 g/mol. The van der Waals surface area contributed by atoms with E-state index in [1.54, 1.807) is 0 Å². The number of morpholine rings is 1. The van der Waals surface area contributed by atoms with Crippen LogP contribution in [0.3, 0.4) is 0 Å². The first-order valence-corrected chi connectivity index (χ1v) is 8.31. The minimum absolute atomic E-state index is 0.199. The summed E-state index contributed by atoms with van der Waals surface area (Å²) < 4.78 is 5.30. The molecular weight excluding hydrogens is 290 g/mol. The Morgan fingerprint density at radius 2 is 2.14 bits per heavy atom. The van der Waals surface area contributed by atoms with Gasteiger partial charge in [0.25, 0.3) is 0 Å². The molecule has 1 aliphatic carbocycles. The van der Waals surface area contributed by atoms with Crippen molar-refractivity contribution in [2.75, 3.05) is 44.7 Å². The van der Waals surface area contributed by atoms with Crippen molar-refractivity contribution in [3.8, 4) is 0 Å². The van der Waals surface area contributed by atoms with Crippen molar-refractivity contribution in [3.63, 3.8) is 0 Å². The molecule has 0 aromatic carbocycles. The van der Waals surface area contributed by atoms with Crippen molar-refractivity contribution in [2.45, 2.75) is 25.2 Å². The number of carbonyl (C=O) groups is 1. The van der Waals surface area contributed by atoms with Crippen LogP contribution in [0.4, 0.5) is 9.93 Å². The van der Waals surface area contributed by atoms with Crippen molar-refractivity contribution in [1.29, 1.82) is 0 Å². The number of nitrogens with one attached hydrogen (secondary N) is 2. The topological polar surface area (TPSA) is 79.4 Å². The lowest BCUT2D eigenvalue weighted by Crippen LogP contribution is -2.38. The second-order valence-corrected chi connectivity index (χ2v) is 6.42. The van der Waals surface area contributed by atoms with Crippen LogP contribution >= 0.6 is 11.3 Å². The van der Waals surface area contributed by atoms with Gasteiger partial charge in [-0.3, -0.25) is 10.2 Å². The highest BCUT2D eigenvalue weighted by molar-refractivity contribution is 7.15. The molecule has 3 rings (SSSR count). The average molecular weight is 311 g/mol. The van der Waals surface area contributed by atoms with Crippen LogP contribution in [0.1, 0.15) is 30.2 Å². The van der Waals surface area contributed by atoms with E-state index in [4.69, 9.17) is 4.74 Å². The van der Waals surface area contributed by atoms with E-state index in [2.05, 4.69) is 25.7 Å². The van der Waals surface area contributed by atoms with Crippen LogP contribution in [-0.4, -0.2) is 60.5 Å². The fourth-order valence-electron chi connectivity index (χ4n) is 2.25. The smallest absolute Gasteiger partial charge is 0.321 e. The maximum Gasteiger partial charge on any atom is 0.321 e. The minimum atomic E-state index is -0.199. The first-order valence-electron chi connectivity index (χ1n) is 7.49. The van der Waals surface area contributed by atoms with E-state index >= 15 is 0 Å². The highest BCUT2D eigenvalue weighted by Crippen LogP contribution is 2.41. The van der Waals surface area contributed by atoms with E-state index in [9.17, 15) is 4.79 Å². The van der Waals surface area contributed by atoms with Crippen LogP contribution in [-0.2, 0) is 4.74 Å². The highest BCUT2D eigenvalue weighted by Gasteiger charge is 2.27. The van der Waals surface area contributed by atoms with Crippen molar-refractivity contribution in [1.82, 2.24) is 20.4 Å². The van der Waals surface area contributed by atoms with Gasteiger partial charge in [-0.05, 0) is 25.8 Å². The van der Waals surface area contributed by atoms with Crippen LogP contribution in [0.2, 0.25) is 0 Å². The predicted octanol–water partition coefficient (Wildman–Crippen LogP) is 1.26. The molecule has 2 amide bonds. The number of hydrogen-bond acceptors (Lipinski definition) is 6. The summed E-state index contributed by atoms with van der Waals surface area (Å²) in [6.45, 7) is 5.26. The molecule has 0 unspecified atom stereocenters. The Balaban J connectivity index is 1.30. The third-order valence-corrected chi connectivity index (χ3v) is 4.63. The summed E-state index contributed by atoms with van der Waals surface area (Å²) >= 11 is 1.48. The van der Waals surface area contributed by atoms with Crippen LogP contribution in [0, 0.1) is 0 Å². The number of carbonyl (C=O) groups excluding carboxylic acids is 1. The molecular formula is C13H21N5O2S. The Bertz CT molecular complexity index is 471. The van der Waals surface area contributed by atoms with Gasteiger partial charge in [-0.15, -0.1) is 10.2 Å². The number of ether oxygens (including phenoxy) is 1. The summed E-state index contributed by atoms with van der Waals surface area (Å²) in [5.74, 6) is 0.578. The number of amides is 2. The fourth-order valence-corrected chi connectivity index (χ4v) is 3.16. The van der Waals surface area contributed by atoms with Gasteiger partial charge in [-0.1, -0.05) is 11.3 Å². The second kappa shape index (κ2) is 7.15. The standard InChI is InChI=1S/C13H21N5O2S/c19-12(14-4-1-5-18-6-8-20-9-7-18)15-13-17-16-11(21-13)10-2-3-10/h10H,1-9H2,(H2,14,15,17,19). The highest BCUT2D eigenvalue weighted by atomic mass is 32.1. The lowest BCUT2D eigenvalue weighted by molar-refractivity contribution is 0.0375. The number of hydrogen-bond donors (Lipinski definition) is 2. The predicted molar refractivity (Wildman–Crippen MR) is 80.8 cm³/mol. The molecule has 1 saturated heterocycles. The van der Waals surface area contributed by atoms with Gasteiger partial charge in [0.2, 0.25) is 5.13 Å². The molecule has 7 nitrogen and oxygen atoms in total. The van der Waals surface area contributed by atoms with Gasteiger partial charge < -0.3 is 10.1 Å². The van der Waals surface area contributed by atoms with E-state index in [0.29, 0.717) is 17.6 Å². The molecule has 0 atom stereocenters. The number of anilines is 1. The SMILES string of the molecule is O=C(NCCCN1CCOCC1)Nc1nnc(C2CC2)s1. The van der Waals surface area contributed by atoms with Crippen molar-refractivity contribution in [3.05, 3.63) is 5.01 Å². The number of urea groups is 1. The Hall–Kier alpha value is -1.25. The maximum atomic E-state index is 11.7. The lowest BCUT2D eigenvalue weighted by Gasteiger charge is -2.26. The maximum absolute atomic E-state index is 11.7. The molecule has 116 valence electrons. The summed E-state index contributed by atoms with van der Waals surface area (Å²) in [5.41, 5.74) is 0. The van der Waals surface area contributed by atoms with Crippen LogP contribution in [0.25, 0.3) is 0 Å². The quantitative estimate of drug-likeness (QED) is 0.773. The van der Waals surface area contributed by atoms with E-state index in [0.717, 1.165) is 44.3 Å². The Morgan fingerprint density at radius 1 is 1.33 bits per heavy atom. The largest absolute Gasteiger partial charge is 0.379 e. The molecule has 1 aromatic rings. The van der Waals surface area contributed by atoms with Gasteiger partial charge in [-0.2, -0.15) is 0 Å². The first-order chi connectivity index (χ1) is 10.3. The molecule has 2 aliphatic rings. The molecule has 1 saturated carbocycles. The zero-order valence-electron chi connectivity index (χ0n) is 12.0. The molecule has 2 heterocycles. The number of rotatable bonds is 6. The molecule has 2 N–H and O–H groups in total. The summed E-state index contributed by atoms with van der Waals surface area (Å²) in [6, 6.07) is -0.199. The Morgan fingerprint density at radius 3 is 2.90 bits per heavy atom. The normalized spacial score (nSPS) is 19.4. The third kappa shape index (κ3) is 4.62. The minimum Gasteiger partial charge on any atom is -0.379 e. The lowest BCUT2D eigenvalue weighted by atomic mass is 10.3. The molecule has 8 heteroatoms. The number of aromatic nitrogens is 2. The zero-order chi connectivity index (χ0) is 14.5. The van der Waals surface area contributed by atoms with Gasteiger partial charge >= 0.3 is 6.03 Å². The summed E-state index contributed by atoms with van der Waals surface area (Å²) in [7, 11) is 0. The van der Waals surface area contributed by atoms with Gasteiger partial charge in [0.05, 0.1) is 13.2 Å². The molecule has 0 radical (unpaired) electrons. The molecule has 21 heavy (non-hydrogen) atoms. The van der Waals surface area contributed by atoms with Crippen molar-refractivity contribution >= 4 is 22.5 Å². The van der Waals surface area contributed by atoms with E-state index in [1.807, 2.05) is 0 Å². The zero-order valence-corrected chi connectivity index (χ0v) is 12.8. The van der Waals surface area contributed by atoms with E-state index < -0.39 is 0 Å². The van der Waals surface area contributed by atoms with E-state index in [-0.39, 0.29) is 6.03 Å². The Kier molecular flexibility index (Phi) is 5.00. The summed E-state index contributed by atoms with van der Waals surface area (Å²) in [5, 5.41) is 15.3. The van der Waals surface area contributed by atoms with Gasteiger partial charge in [0, 0.05) is 25.6 Å². The van der Waals surface area contributed by atoms with Crippen LogP contribution in [0.15, 0.2) is 0 Å². The average Bonchev–Trinajstić information content (AvgIpc) is 3.25. The first kappa shape index (κ1) is 14.7. The fraction of sp³-hybridized carbons (Fsp3) is 0.769. The van der Waals surface area contributed by atoms with Gasteiger partial charge in [-0.25, -0.2) is 4.79 Å². The molecule has 1 aliphatic heterocycles. The molecule has 2 fully saturated rings. The Labute approximate surface area is 128 Å². The van der Waals surface area contributed by atoms with Crippen LogP contribution in [0.5, 0.6) is 0 Å². The van der Waals surface area contributed by atoms with Crippen molar-refractivity contribution in [2.24, 2.45) is 0 Å². The molecule has 0 spiro atoms. The summed E-state index contributed by atoms with van der Waals surface area (Å²) in [4.78, 5) is 14.1. The number of nitrogens with zero attached hydrogens (tertiary/aromatic N) is 3. The third-order valence-electron chi connectivity index (χ3n) is 3.63. The van der Waals surface area contributed by atoms with Crippen LogP contribution < -0.4 is 10.6 Å². The second-order valence-electron chi connectivity index (χ2n) is 5.41. The molecule has 0 bridgehead atoms. The summed E-state index contributed by atoms with van der Waals surface area (Å²) in [6.07, 6.45) is 3.33.